The lowest BCUT2D eigenvalue weighted by Gasteiger charge is -2.31. The first-order chi connectivity index (χ1) is 13.7. The van der Waals surface area contributed by atoms with E-state index in [4.69, 9.17) is 14.0 Å². The second kappa shape index (κ2) is 8.83. The molecule has 0 N–H and O–H groups in total. The predicted molar refractivity (Wildman–Crippen MR) is 98.9 cm³/mol. The highest BCUT2D eigenvalue weighted by Gasteiger charge is 2.25. The summed E-state index contributed by atoms with van der Waals surface area (Å²) >= 11 is 0. The number of carbonyl (C=O) groups excluding carboxylic acids is 1. The molecule has 2 aromatic heterocycles. The Morgan fingerprint density at radius 2 is 2.04 bits per heavy atom. The molecule has 0 spiro atoms. The number of aromatic nitrogens is 4. The van der Waals surface area contributed by atoms with E-state index in [0.29, 0.717) is 43.4 Å². The lowest BCUT2D eigenvalue weighted by molar-refractivity contribution is 0.00947. The molecule has 4 rings (SSSR count). The third-order valence-electron chi connectivity index (χ3n) is 5.41. The van der Waals surface area contributed by atoms with Crippen molar-refractivity contribution in [3.05, 3.63) is 29.7 Å². The average molecular weight is 389 g/mol. The van der Waals surface area contributed by atoms with Gasteiger partial charge in [0.25, 0.3) is 5.91 Å². The number of hydrogen-bond donors (Lipinski definition) is 0. The SMILES string of the molecule is Cn1cc(C(=O)N2CCC(OCCc3noc(C4CCOCC4)n3)CC2)cn1. The van der Waals surface area contributed by atoms with Gasteiger partial charge in [0.05, 0.1) is 24.5 Å². The highest BCUT2D eigenvalue weighted by molar-refractivity contribution is 5.93. The van der Waals surface area contributed by atoms with E-state index in [0.717, 1.165) is 44.8 Å². The van der Waals surface area contributed by atoms with Gasteiger partial charge in [0.1, 0.15) is 0 Å². The van der Waals surface area contributed by atoms with Crippen molar-refractivity contribution >= 4 is 5.91 Å². The summed E-state index contributed by atoms with van der Waals surface area (Å²) in [5, 5.41) is 8.14. The zero-order chi connectivity index (χ0) is 19.3. The minimum Gasteiger partial charge on any atom is -0.381 e. The van der Waals surface area contributed by atoms with Crippen LogP contribution in [0.15, 0.2) is 16.9 Å². The van der Waals surface area contributed by atoms with E-state index in [1.807, 2.05) is 11.9 Å². The fraction of sp³-hybridized carbons (Fsp3) is 0.684. The van der Waals surface area contributed by atoms with Gasteiger partial charge in [-0.05, 0) is 25.7 Å². The van der Waals surface area contributed by atoms with Crippen LogP contribution in [0.25, 0.3) is 0 Å². The van der Waals surface area contributed by atoms with Crippen molar-refractivity contribution < 1.29 is 18.8 Å². The quantitative estimate of drug-likeness (QED) is 0.740. The van der Waals surface area contributed by atoms with Crippen molar-refractivity contribution in [2.45, 2.75) is 44.1 Å². The molecule has 152 valence electrons. The predicted octanol–water partition coefficient (Wildman–Crippen LogP) is 1.56. The number of likely N-dealkylation sites (tertiary alicyclic amines) is 1. The molecule has 4 heterocycles. The normalized spacial score (nSPS) is 19.2. The standard InChI is InChI=1S/C19H27N5O4/c1-23-13-15(12-20-23)19(25)24-7-2-16(3-8-24)27-11-6-17-21-18(28-22-17)14-4-9-26-10-5-14/h12-14,16H,2-11H2,1H3. The van der Waals surface area contributed by atoms with E-state index in [1.54, 1.807) is 17.1 Å². The second-order valence-corrected chi connectivity index (χ2v) is 7.45. The van der Waals surface area contributed by atoms with Gasteiger partial charge in [-0.25, -0.2) is 0 Å². The van der Waals surface area contributed by atoms with Crippen molar-refractivity contribution in [3.63, 3.8) is 0 Å². The Morgan fingerprint density at radius 1 is 1.25 bits per heavy atom. The summed E-state index contributed by atoms with van der Waals surface area (Å²) in [6.07, 6.45) is 7.73. The Bertz CT molecular complexity index is 775. The number of hydrogen-bond acceptors (Lipinski definition) is 7. The first-order valence-corrected chi connectivity index (χ1v) is 9.99. The number of amides is 1. The molecule has 0 bridgehead atoms. The zero-order valence-corrected chi connectivity index (χ0v) is 16.2. The molecule has 1 amide bonds. The number of piperidine rings is 1. The third kappa shape index (κ3) is 4.59. The lowest BCUT2D eigenvalue weighted by Crippen LogP contribution is -2.41. The van der Waals surface area contributed by atoms with Gasteiger partial charge in [-0.2, -0.15) is 10.1 Å². The summed E-state index contributed by atoms with van der Waals surface area (Å²) in [5.74, 6) is 1.78. The molecule has 2 saturated heterocycles. The number of carbonyl (C=O) groups is 1. The number of aryl methyl sites for hydroxylation is 1. The molecule has 0 saturated carbocycles. The summed E-state index contributed by atoms with van der Waals surface area (Å²) in [6, 6.07) is 0. The van der Waals surface area contributed by atoms with Crippen molar-refractivity contribution in [2.24, 2.45) is 7.05 Å². The average Bonchev–Trinajstić information content (AvgIpc) is 3.38. The van der Waals surface area contributed by atoms with Crippen LogP contribution >= 0.6 is 0 Å². The third-order valence-corrected chi connectivity index (χ3v) is 5.41. The van der Waals surface area contributed by atoms with E-state index >= 15 is 0 Å². The molecule has 2 aliphatic rings. The van der Waals surface area contributed by atoms with E-state index < -0.39 is 0 Å². The maximum absolute atomic E-state index is 12.4. The molecule has 0 atom stereocenters. The van der Waals surface area contributed by atoms with Crippen molar-refractivity contribution in [2.75, 3.05) is 32.9 Å². The van der Waals surface area contributed by atoms with Gasteiger partial charge < -0.3 is 18.9 Å². The molecule has 0 unspecified atom stereocenters. The number of nitrogens with zero attached hydrogens (tertiary/aromatic N) is 5. The first kappa shape index (κ1) is 19.1. The molecular formula is C19H27N5O4. The molecule has 2 aromatic rings. The van der Waals surface area contributed by atoms with Crippen LogP contribution in [-0.4, -0.2) is 69.7 Å². The summed E-state index contributed by atoms with van der Waals surface area (Å²) in [4.78, 5) is 18.8. The van der Waals surface area contributed by atoms with Crippen LogP contribution in [0.5, 0.6) is 0 Å². The number of ether oxygens (including phenoxy) is 2. The maximum atomic E-state index is 12.4. The smallest absolute Gasteiger partial charge is 0.257 e. The molecule has 0 radical (unpaired) electrons. The second-order valence-electron chi connectivity index (χ2n) is 7.45. The topological polar surface area (TPSA) is 95.5 Å². The van der Waals surface area contributed by atoms with Crippen molar-refractivity contribution in [1.82, 2.24) is 24.8 Å². The molecule has 28 heavy (non-hydrogen) atoms. The van der Waals surface area contributed by atoms with Gasteiger partial charge in [-0.3, -0.25) is 9.48 Å². The van der Waals surface area contributed by atoms with Gasteiger partial charge in [-0.15, -0.1) is 0 Å². The number of rotatable bonds is 6. The van der Waals surface area contributed by atoms with Crippen molar-refractivity contribution in [3.8, 4) is 0 Å². The molecule has 2 fully saturated rings. The molecular weight excluding hydrogens is 362 g/mol. The lowest BCUT2D eigenvalue weighted by atomic mass is 10.0. The Labute approximate surface area is 164 Å². The van der Waals surface area contributed by atoms with Crippen LogP contribution in [0.2, 0.25) is 0 Å². The molecule has 9 heteroatoms. The van der Waals surface area contributed by atoms with Gasteiger partial charge >= 0.3 is 0 Å². The minimum atomic E-state index is 0.0407. The minimum absolute atomic E-state index is 0.0407. The van der Waals surface area contributed by atoms with Crippen LogP contribution in [0.4, 0.5) is 0 Å². The van der Waals surface area contributed by atoms with Crippen LogP contribution in [0.1, 0.15) is 53.7 Å². The summed E-state index contributed by atoms with van der Waals surface area (Å²) in [5.41, 5.74) is 0.638. The Hall–Kier alpha value is -2.26. The Balaban J connectivity index is 1.18. The van der Waals surface area contributed by atoms with Gasteiger partial charge in [-0.1, -0.05) is 5.16 Å². The van der Waals surface area contributed by atoms with Crippen LogP contribution < -0.4 is 0 Å². The highest BCUT2D eigenvalue weighted by Crippen LogP contribution is 2.25. The summed E-state index contributed by atoms with van der Waals surface area (Å²) in [7, 11) is 1.81. The van der Waals surface area contributed by atoms with E-state index in [2.05, 4.69) is 15.2 Å². The largest absolute Gasteiger partial charge is 0.381 e. The van der Waals surface area contributed by atoms with Crippen LogP contribution in [0.3, 0.4) is 0 Å². The summed E-state index contributed by atoms with van der Waals surface area (Å²) in [6.45, 7) is 3.48. The van der Waals surface area contributed by atoms with Gasteiger partial charge in [0.2, 0.25) is 5.89 Å². The summed E-state index contributed by atoms with van der Waals surface area (Å²) < 4.78 is 18.4. The monoisotopic (exact) mass is 389 g/mol. The Kier molecular flexibility index (Phi) is 6.01. The fourth-order valence-corrected chi connectivity index (χ4v) is 3.74. The molecule has 9 nitrogen and oxygen atoms in total. The van der Waals surface area contributed by atoms with E-state index in [1.165, 1.54) is 0 Å². The highest BCUT2D eigenvalue weighted by atomic mass is 16.5. The first-order valence-electron chi connectivity index (χ1n) is 9.99. The van der Waals surface area contributed by atoms with Crippen LogP contribution in [-0.2, 0) is 22.9 Å². The van der Waals surface area contributed by atoms with E-state index in [9.17, 15) is 4.79 Å². The maximum Gasteiger partial charge on any atom is 0.257 e. The Morgan fingerprint density at radius 3 is 2.75 bits per heavy atom. The van der Waals surface area contributed by atoms with Gasteiger partial charge in [0, 0.05) is 51.9 Å². The molecule has 2 aliphatic heterocycles. The van der Waals surface area contributed by atoms with E-state index in [-0.39, 0.29) is 12.0 Å². The molecule has 0 aliphatic carbocycles. The zero-order valence-electron chi connectivity index (χ0n) is 16.2. The van der Waals surface area contributed by atoms with Gasteiger partial charge in [0.15, 0.2) is 5.82 Å². The van der Waals surface area contributed by atoms with Crippen molar-refractivity contribution in [1.29, 1.82) is 0 Å². The molecule has 0 aromatic carbocycles. The van der Waals surface area contributed by atoms with Crippen LogP contribution in [0, 0.1) is 0 Å². The fourth-order valence-electron chi connectivity index (χ4n) is 3.74.